The Hall–Kier alpha value is -2.94. The Morgan fingerprint density at radius 3 is 2.06 bits per heavy atom. The summed E-state index contributed by atoms with van der Waals surface area (Å²) in [7, 11) is 1.91. The van der Waals surface area contributed by atoms with Crippen molar-refractivity contribution in [3.05, 3.63) is 85.3 Å². The van der Waals surface area contributed by atoms with Crippen molar-refractivity contribution in [2.45, 2.75) is 0 Å². The van der Waals surface area contributed by atoms with Crippen LogP contribution in [0.15, 0.2) is 69.1 Å². The number of aromatic nitrogens is 3. The van der Waals surface area contributed by atoms with Crippen molar-refractivity contribution in [2.24, 2.45) is 7.05 Å². The van der Waals surface area contributed by atoms with E-state index in [-0.39, 0.29) is 17.1 Å². The van der Waals surface area contributed by atoms with Crippen LogP contribution in [0.1, 0.15) is 25.7 Å². The third-order valence-electron chi connectivity index (χ3n) is 5.75. The first kappa shape index (κ1) is 20.7. The van der Waals surface area contributed by atoms with Crippen LogP contribution in [0.25, 0.3) is 38.7 Å². The molecule has 8 heteroatoms. The summed E-state index contributed by atoms with van der Waals surface area (Å²) in [5.41, 5.74) is 2.73. The molecule has 1 aliphatic carbocycles. The Bertz CT molecular complexity index is 1620. The maximum absolute atomic E-state index is 13.1. The van der Waals surface area contributed by atoms with Gasteiger partial charge in [0.05, 0.1) is 5.57 Å². The third-order valence-corrected chi connectivity index (χ3v) is 8.48. The molecular formula is C25H13Br2N3O2S. The molecule has 160 valence electrons. The van der Waals surface area contributed by atoms with Crippen LogP contribution in [-0.4, -0.2) is 26.1 Å². The predicted molar refractivity (Wildman–Crippen MR) is 138 cm³/mol. The number of benzene rings is 3. The Labute approximate surface area is 209 Å². The van der Waals surface area contributed by atoms with Crippen molar-refractivity contribution in [1.82, 2.24) is 14.5 Å². The van der Waals surface area contributed by atoms with Gasteiger partial charge in [0.2, 0.25) is 0 Å². The van der Waals surface area contributed by atoms with E-state index in [4.69, 9.17) is 4.98 Å². The van der Waals surface area contributed by atoms with Crippen LogP contribution >= 0.6 is 43.2 Å². The Balaban J connectivity index is 1.42. The average Bonchev–Trinajstić information content (AvgIpc) is 3.42. The van der Waals surface area contributed by atoms with Crippen molar-refractivity contribution in [2.75, 3.05) is 0 Å². The smallest absolute Gasteiger partial charge is 0.197 e. The SMILES string of the molecule is Cn1c(-c2ccccc2)nc2sc(C=C3C(=O)c4cc5cc(Br)c(Br)cc5cc4C3=O)nc21. The van der Waals surface area contributed by atoms with Crippen molar-refractivity contribution in [1.29, 1.82) is 0 Å². The molecule has 0 N–H and O–H groups in total. The van der Waals surface area contributed by atoms with E-state index in [2.05, 4.69) is 36.8 Å². The fraction of sp³-hybridized carbons (Fsp3) is 0.0400. The highest BCUT2D eigenvalue weighted by atomic mass is 79.9. The molecule has 2 aromatic heterocycles. The lowest BCUT2D eigenvalue weighted by Crippen LogP contribution is -2.00. The summed E-state index contributed by atoms with van der Waals surface area (Å²) in [6, 6.07) is 17.3. The van der Waals surface area contributed by atoms with Gasteiger partial charge >= 0.3 is 0 Å². The summed E-state index contributed by atoms with van der Waals surface area (Å²) in [4.78, 5) is 36.4. The summed E-state index contributed by atoms with van der Waals surface area (Å²) < 4.78 is 3.71. The minimum Gasteiger partial charge on any atom is -0.311 e. The number of nitrogens with zero attached hydrogens (tertiary/aromatic N) is 3. The highest BCUT2D eigenvalue weighted by molar-refractivity contribution is 9.13. The maximum Gasteiger partial charge on any atom is 0.197 e. The van der Waals surface area contributed by atoms with Crippen molar-refractivity contribution in [3.63, 3.8) is 0 Å². The van der Waals surface area contributed by atoms with Gasteiger partial charge in [0, 0.05) is 32.7 Å². The van der Waals surface area contributed by atoms with E-state index in [9.17, 15) is 9.59 Å². The number of fused-ring (bicyclic) bond motifs is 3. The number of ketones is 2. The lowest BCUT2D eigenvalue weighted by atomic mass is 10.0. The van der Waals surface area contributed by atoms with E-state index < -0.39 is 0 Å². The Morgan fingerprint density at radius 2 is 1.48 bits per heavy atom. The highest BCUT2D eigenvalue weighted by Gasteiger charge is 2.34. The quantitative estimate of drug-likeness (QED) is 0.170. The van der Waals surface area contributed by atoms with E-state index >= 15 is 0 Å². The molecular weight excluding hydrogens is 566 g/mol. The second-order valence-electron chi connectivity index (χ2n) is 7.77. The van der Waals surface area contributed by atoms with Crippen molar-refractivity contribution >= 4 is 82.1 Å². The summed E-state index contributed by atoms with van der Waals surface area (Å²) in [6.07, 6.45) is 1.59. The molecule has 5 nitrogen and oxygen atoms in total. The first-order valence-electron chi connectivity index (χ1n) is 10.0. The highest BCUT2D eigenvalue weighted by Crippen LogP contribution is 2.36. The number of aryl methyl sites for hydroxylation is 1. The summed E-state index contributed by atoms with van der Waals surface area (Å²) in [6.45, 7) is 0. The summed E-state index contributed by atoms with van der Waals surface area (Å²) in [5, 5.41) is 2.37. The van der Waals surface area contributed by atoms with Gasteiger partial charge < -0.3 is 4.57 Å². The topological polar surface area (TPSA) is 64.8 Å². The van der Waals surface area contributed by atoms with Crippen LogP contribution in [0.3, 0.4) is 0 Å². The molecule has 0 saturated carbocycles. The molecule has 0 bridgehead atoms. The van der Waals surface area contributed by atoms with Crippen LogP contribution in [0, 0.1) is 0 Å². The van der Waals surface area contributed by atoms with Gasteiger partial charge in [-0.2, -0.15) is 0 Å². The Kier molecular flexibility index (Phi) is 4.72. The molecule has 0 fully saturated rings. The Morgan fingerprint density at radius 1 is 0.879 bits per heavy atom. The largest absolute Gasteiger partial charge is 0.311 e. The van der Waals surface area contributed by atoms with E-state index in [1.807, 2.05) is 54.1 Å². The zero-order valence-electron chi connectivity index (χ0n) is 17.1. The second-order valence-corrected chi connectivity index (χ2v) is 10.5. The van der Waals surface area contributed by atoms with E-state index in [0.717, 1.165) is 41.6 Å². The molecule has 5 aromatic rings. The van der Waals surface area contributed by atoms with Crippen molar-refractivity contribution < 1.29 is 9.59 Å². The van der Waals surface area contributed by atoms with Crippen LogP contribution in [0.2, 0.25) is 0 Å². The second kappa shape index (κ2) is 7.55. The number of hydrogen-bond acceptors (Lipinski definition) is 5. The fourth-order valence-corrected chi connectivity index (χ4v) is 5.74. The minimum absolute atomic E-state index is 0.140. The van der Waals surface area contributed by atoms with Gasteiger partial charge in [-0.15, -0.1) is 0 Å². The molecule has 3 aromatic carbocycles. The predicted octanol–water partition coefficient (Wildman–Crippen LogP) is 6.84. The number of allylic oxidation sites excluding steroid dienone is 1. The molecule has 0 radical (unpaired) electrons. The minimum atomic E-state index is -0.270. The maximum atomic E-state index is 13.1. The van der Waals surface area contributed by atoms with Gasteiger partial charge in [0.25, 0.3) is 0 Å². The number of hydrogen-bond donors (Lipinski definition) is 0. The van der Waals surface area contributed by atoms with Gasteiger partial charge in [-0.05, 0) is 73.0 Å². The molecule has 33 heavy (non-hydrogen) atoms. The molecule has 1 aliphatic rings. The van der Waals surface area contributed by atoms with Crippen LogP contribution < -0.4 is 0 Å². The van der Waals surface area contributed by atoms with Crippen LogP contribution in [0.5, 0.6) is 0 Å². The lowest BCUT2D eigenvalue weighted by Gasteiger charge is -2.04. The van der Waals surface area contributed by atoms with Gasteiger partial charge in [-0.3, -0.25) is 9.59 Å². The molecule has 6 rings (SSSR count). The molecule has 0 aliphatic heterocycles. The number of Topliss-reactive ketones (excluding diaryl/α,β-unsaturated/α-hetero) is 2. The van der Waals surface area contributed by atoms with E-state index in [1.165, 1.54) is 11.3 Å². The van der Waals surface area contributed by atoms with Crippen LogP contribution in [-0.2, 0) is 7.05 Å². The fourth-order valence-electron chi connectivity index (χ4n) is 4.11. The van der Waals surface area contributed by atoms with Gasteiger partial charge in [-0.25, -0.2) is 9.97 Å². The number of rotatable bonds is 2. The molecule has 0 unspecified atom stereocenters. The van der Waals surface area contributed by atoms with Crippen LogP contribution in [0.4, 0.5) is 0 Å². The lowest BCUT2D eigenvalue weighted by molar-refractivity contribution is 0.0990. The molecule has 0 amide bonds. The summed E-state index contributed by atoms with van der Waals surface area (Å²) in [5.74, 6) is 0.286. The van der Waals surface area contributed by atoms with Gasteiger partial charge in [0.1, 0.15) is 10.8 Å². The van der Waals surface area contributed by atoms with E-state index in [1.54, 1.807) is 18.2 Å². The van der Waals surface area contributed by atoms with Gasteiger partial charge in [0.15, 0.2) is 22.0 Å². The number of thiazole rings is 1. The molecule has 0 spiro atoms. The zero-order chi connectivity index (χ0) is 22.9. The molecule has 0 saturated heterocycles. The first-order valence-corrected chi connectivity index (χ1v) is 12.4. The standard InChI is InChI=1S/C25H13Br2N3O2S/c1-30-23(12-5-3-2-4-6-12)29-25-24(30)28-20(33-25)11-17-21(31)15-7-13-9-18(26)19(27)10-14(13)8-16(15)22(17)32/h2-11H,1H3. The van der Waals surface area contributed by atoms with Crippen molar-refractivity contribution in [3.8, 4) is 11.4 Å². The van der Waals surface area contributed by atoms with Gasteiger partial charge in [-0.1, -0.05) is 41.7 Å². The number of imidazole rings is 1. The summed E-state index contributed by atoms with van der Waals surface area (Å²) >= 11 is 8.35. The number of carbonyl (C=O) groups excluding carboxylic acids is 2. The first-order chi connectivity index (χ1) is 15.9. The third kappa shape index (κ3) is 3.24. The monoisotopic (exact) mass is 577 g/mol. The zero-order valence-corrected chi connectivity index (χ0v) is 21.1. The molecule has 0 atom stereocenters. The number of halogens is 2. The molecule has 2 heterocycles. The number of carbonyl (C=O) groups is 2. The normalized spacial score (nSPS) is 13.4. The van der Waals surface area contributed by atoms with E-state index in [0.29, 0.717) is 16.1 Å². The average molecular weight is 579 g/mol.